The van der Waals surface area contributed by atoms with E-state index in [9.17, 15) is 29.4 Å². The van der Waals surface area contributed by atoms with Gasteiger partial charge in [0.15, 0.2) is 0 Å². The molecule has 45 heavy (non-hydrogen) atoms. The van der Waals surface area contributed by atoms with Crippen LogP contribution < -0.4 is 21.7 Å². The zero-order valence-corrected chi connectivity index (χ0v) is 27.5. The summed E-state index contributed by atoms with van der Waals surface area (Å²) in [4.78, 5) is 49.0. The maximum atomic E-state index is 12.4. The second-order valence-corrected chi connectivity index (χ2v) is 12.4. The molecule has 0 unspecified atom stereocenters. The standard InChI is InChI=1S/C34H50N4O6S/c1-3-5-7-9-11-13-25-15-17-27(29(39)23-25)33(43)37-35-31(41)19-21-45-22-20-32(42)36-38-34(44)28-18-16-26(24-30(28)40)14-12-10-8-6-4-2/h15-18,23-24,39-40H,3-14,19-22H2,1-2H3,(H,35,41)(H,36,42)(H,37,43)(H,38,44). The molecule has 10 nitrogen and oxygen atoms in total. The Kier molecular flexibility index (Phi) is 18.2. The monoisotopic (exact) mass is 642 g/mol. The van der Waals surface area contributed by atoms with Crippen LogP contribution in [0.5, 0.6) is 11.5 Å². The van der Waals surface area contributed by atoms with Gasteiger partial charge in [0.05, 0.1) is 11.1 Å². The third-order valence-electron chi connectivity index (χ3n) is 7.33. The van der Waals surface area contributed by atoms with E-state index in [0.29, 0.717) is 11.5 Å². The minimum Gasteiger partial charge on any atom is -0.507 e. The van der Waals surface area contributed by atoms with Crippen LogP contribution >= 0.6 is 11.8 Å². The number of thioether (sulfide) groups is 1. The molecule has 6 N–H and O–H groups in total. The molecule has 2 rings (SSSR count). The molecule has 0 aromatic heterocycles. The number of unbranched alkanes of at least 4 members (excludes halogenated alkanes) is 8. The van der Waals surface area contributed by atoms with Gasteiger partial charge in [0.1, 0.15) is 11.5 Å². The highest BCUT2D eigenvalue weighted by atomic mass is 32.2. The highest BCUT2D eigenvalue weighted by molar-refractivity contribution is 7.99. The zero-order chi connectivity index (χ0) is 32.9. The first-order valence-corrected chi connectivity index (χ1v) is 17.3. The molecule has 0 aliphatic carbocycles. The predicted octanol–water partition coefficient (Wildman–Crippen LogP) is 5.86. The van der Waals surface area contributed by atoms with E-state index in [1.807, 2.05) is 12.1 Å². The van der Waals surface area contributed by atoms with Gasteiger partial charge in [-0.05, 0) is 61.1 Å². The van der Waals surface area contributed by atoms with Gasteiger partial charge in [0.25, 0.3) is 11.8 Å². The third-order valence-corrected chi connectivity index (χ3v) is 8.31. The van der Waals surface area contributed by atoms with Crippen LogP contribution in [0.4, 0.5) is 0 Å². The highest BCUT2D eigenvalue weighted by Gasteiger charge is 2.14. The lowest BCUT2D eigenvalue weighted by atomic mass is 10.0. The van der Waals surface area contributed by atoms with Crippen molar-refractivity contribution in [3.05, 3.63) is 58.7 Å². The Balaban J connectivity index is 1.59. The van der Waals surface area contributed by atoms with Gasteiger partial charge in [-0.3, -0.25) is 40.9 Å². The summed E-state index contributed by atoms with van der Waals surface area (Å²) in [7, 11) is 0. The lowest BCUT2D eigenvalue weighted by molar-refractivity contribution is -0.122. The topological polar surface area (TPSA) is 157 Å². The van der Waals surface area contributed by atoms with Crippen LogP contribution in [0.2, 0.25) is 0 Å². The average Bonchev–Trinajstić information content (AvgIpc) is 3.02. The van der Waals surface area contributed by atoms with E-state index in [1.54, 1.807) is 24.3 Å². The summed E-state index contributed by atoms with van der Waals surface area (Å²) >= 11 is 1.37. The van der Waals surface area contributed by atoms with Gasteiger partial charge in [0.2, 0.25) is 11.8 Å². The van der Waals surface area contributed by atoms with E-state index in [4.69, 9.17) is 0 Å². The smallest absolute Gasteiger partial charge is 0.273 e. The minimum atomic E-state index is -0.608. The van der Waals surface area contributed by atoms with Crippen molar-refractivity contribution >= 4 is 35.4 Å². The van der Waals surface area contributed by atoms with Gasteiger partial charge in [-0.25, -0.2) is 0 Å². The summed E-state index contributed by atoms with van der Waals surface area (Å²) in [6.07, 6.45) is 13.4. The Morgan fingerprint density at radius 1 is 0.578 bits per heavy atom. The molecule has 248 valence electrons. The Hall–Kier alpha value is -3.73. The molecule has 0 saturated carbocycles. The van der Waals surface area contributed by atoms with Crippen molar-refractivity contribution in [3.8, 4) is 11.5 Å². The summed E-state index contributed by atoms with van der Waals surface area (Å²) in [6.45, 7) is 4.34. The van der Waals surface area contributed by atoms with Crippen LogP contribution in [0.15, 0.2) is 36.4 Å². The number of carbonyl (C=O) groups is 4. The van der Waals surface area contributed by atoms with Crippen molar-refractivity contribution in [1.82, 2.24) is 21.7 Å². The first-order valence-electron chi connectivity index (χ1n) is 16.1. The fourth-order valence-electron chi connectivity index (χ4n) is 4.66. The van der Waals surface area contributed by atoms with Crippen molar-refractivity contribution in [3.63, 3.8) is 0 Å². The van der Waals surface area contributed by atoms with Gasteiger partial charge in [-0.15, -0.1) is 0 Å². The van der Waals surface area contributed by atoms with Crippen LogP contribution in [0.3, 0.4) is 0 Å². The largest absolute Gasteiger partial charge is 0.507 e. The Morgan fingerprint density at radius 3 is 1.36 bits per heavy atom. The molecular formula is C34H50N4O6S. The van der Waals surface area contributed by atoms with Crippen molar-refractivity contribution in [2.75, 3.05) is 11.5 Å². The number of rotatable bonds is 20. The fraction of sp³-hybridized carbons (Fsp3) is 0.529. The highest BCUT2D eigenvalue weighted by Crippen LogP contribution is 2.21. The molecule has 0 aliphatic heterocycles. The number of benzene rings is 2. The predicted molar refractivity (Wildman–Crippen MR) is 179 cm³/mol. The first-order chi connectivity index (χ1) is 21.7. The molecule has 11 heteroatoms. The van der Waals surface area contributed by atoms with Gasteiger partial charge >= 0.3 is 0 Å². The second-order valence-electron chi connectivity index (χ2n) is 11.1. The quantitative estimate of drug-likeness (QED) is 0.0780. The third kappa shape index (κ3) is 15.2. The molecule has 2 aromatic rings. The molecular weight excluding hydrogens is 592 g/mol. The molecule has 0 spiro atoms. The van der Waals surface area contributed by atoms with Gasteiger partial charge in [-0.2, -0.15) is 11.8 Å². The van der Waals surface area contributed by atoms with Crippen molar-refractivity contribution in [2.24, 2.45) is 0 Å². The number of phenolic OH excluding ortho intramolecular Hbond substituents is 2. The van der Waals surface area contributed by atoms with E-state index < -0.39 is 23.6 Å². The number of hydrazine groups is 2. The second kappa shape index (κ2) is 21.9. The molecule has 4 amide bonds. The number of phenols is 2. The minimum absolute atomic E-state index is 0.0814. The Labute approximate surface area is 271 Å². The molecule has 0 saturated heterocycles. The maximum absolute atomic E-state index is 12.4. The number of aryl methyl sites for hydroxylation is 2. The lowest BCUT2D eigenvalue weighted by Crippen LogP contribution is -2.42. The number of hydrogen-bond donors (Lipinski definition) is 6. The molecule has 0 heterocycles. The summed E-state index contributed by atoms with van der Waals surface area (Å²) in [5.74, 6) is -1.45. The number of amides is 4. The van der Waals surface area contributed by atoms with Gasteiger partial charge in [-0.1, -0.05) is 77.3 Å². The molecule has 0 bridgehead atoms. The van der Waals surface area contributed by atoms with E-state index in [2.05, 4.69) is 35.6 Å². The molecule has 0 fully saturated rings. The van der Waals surface area contributed by atoms with Crippen LogP contribution in [0, 0.1) is 0 Å². The van der Waals surface area contributed by atoms with Crippen molar-refractivity contribution < 1.29 is 29.4 Å². The number of nitrogens with one attached hydrogen (secondary N) is 4. The van der Waals surface area contributed by atoms with Gasteiger partial charge in [0, 0.05) is 24.3 Å². The average molecular weight is 643 g/mol. The summed E-state index contributed by atoms with van der Waals surface area (Å²) in [5, 5.41) is 20.5. The maximum Gasteiger partial charge on any atom is 0.273 e. The van der Waals surface area contributed by atoms with Crippen molar-refractivity contribution in [2.45, 2.75) is 104 Å². The first kappa shape index (κ1) is 37.5. The molecule has 0 aliphatic rings. The Morgan fingerprint density at radius 2 is 0.978 bits per heavy atom. The summed E-state index contributed by atoms with van der Waals surface area (Å²) in [5.41, 5.74) is 11.4. The normalized spacial score (nSPS) is 10.7. The number of hydrogen-bond acceptors (Lipinski definition) is 7. The van der Waals surface area contributed by atoms with E-state index in [-0.39, 0.29) is 35.5 Å². The van der Waals surface area contributed by atoms with Crippen LogP contribution in [-0.4, -0.2) is 45.3 Å². The van der Waals surface area contributed by atoms with E-state index in [0.717, 1.165) is 49.7 Å². The van der Waals surface area contributed by atoms with Crippen LogP contribution in [0.1, 0.15) is 123 Å². The summed E-state index contributed by atoms with van der Waals surface area (Å²) in [6, 6.07) is 9.91. The summed E-state index contributed by atoms with van der Waals surface area (Å²) < 4.78 is 0. The lowest BCUT2D eigenvalue weighted by Gasteiger charge is -2.10. The van der Waals surface area contributed by atoms with Crippen LogP contribution in [0.25, 0.3) is 0 Å². The van der Waals surface area contributed by atoms with Crippen LogP contribution in [-0.2, 0) is 22.4 Å². The van der Waals surface area contributed by atoms with Crippen molar-refractivity contribution in [1.29, 1.82) is 0 Å². The molecule has 0 atom stereocenters. The zero-order valence-electron chi connectivity index (χ0n) is 26.7. The number of carbonyl (C=O) groups excluding carboxylic acids is 4. The van der Waals surface area contributed by atoms with E-state index >= 15 is 0 Å². The SMILES string of the molecule is CCCCCCCc1ccc(C(=O)NNC(=O)CCSCCC(=O)NNC(=O)c2ccc(CCCCCCC)cc2O)c(O)c1. The number of aromatic hydroxyl groups is 2. The molecule has 2 aromatic carbocycles. The van der Waals surface area contributed by atoms with Gasteiger partial charge < -0.3 is 10.2 Å². The van der Waals surface area contributed by atoms with E-state index in [1.165, 1.54) is 50.3 Å². The fourth-order valence-corrected chi connectivity index (χ4v) is 5.52. The molecule has 0 radical (unpaired) electrons. The Bertz CT molecular complexity index is 1150.